The molecule has 1 saturated heterocycles. The van der Waals surface area contributed by atoms with E-state index in [0.29, 0.717) is 24.8 Å². The van der Waals surface area contributed by atoms with Gasteiger partial charge in [-0.25, -0.2) is 4.99 Å². The first-order valence-corrected chi connectivity index (χ1v) is 9.75. The fraction of sp³-hybridized carbons (Fsp3) is 0.600. The lowest BCUT2D eigenvalue weighted by atomic mass is 10.1. The van der Waals surface area contributed by atoms with Crippen molar-refractivity contribution in [2.75, 3.05) is 44.7 Å². The van der Waals surface area contributed by atoms with Crippen LogP contribution in [0.25, 0.3) is 0 Å². The van der Waals surface area contributed by atoms with Gasteiger partial charge in [0.25, 0.3) is 0 Å². The fourth-order valence-electron chi connectivity index (χ4n) is 2.91. The van der Waals surface area contributed by atoms with Gasteiger partial charge in [-0.15, -0.1) is 0 Å². The van der Waals surface area contributed by atoms with Crippen LogP contribution in [0.3, 0.4) is 0 Å². The van der Waals surface area contributed by atoms with E-state index in [1.807, 2.05) is 38.1 Å². The molecule has 2 rings (SSSR count). The van der Waals surface area contributed by atoms with Gasteiger partial charge in [0.2, 0.25) is 5.91 Å². The minimum Gasteiger partial charge on any atom is -0.379 e. The lowest BCUT2D eigenvalue weighted by Gasteiger charge is -2.26. The molecule has 1 fully saturated rings. The van der Waals surface area contributed by atoms with Gasteiger partial charge in [0, 0.05) is 31.7 Å². The van der Waals surface area contributed by atoms with E-state index in [2.05, 4.69) is 20.5 Å². The Hall–Kier alpha value is -2.12. The van der Waals surface area contributed by atoms with E-state index in [0.717, 1.165) is 57.1 Å². The third kappa shape index (κ3) is 8.88. The number of nitrogens with two attached hydrogens (primary N) is 1. The molecule has 0 radical (unpaired) electrons. The topological polar surface area (TPSA) is 92.0 Å². The van der Waals surface area contributed by atoms with E-state index in [-0.39, 0.29) is 5.91 Å². The van der Waals surface area contributed by atoms with Gasteiger partial charge in [-0.1, -0.05) is 26.0 Å². The summed E-state index contributed by atoms with van der Waals surface area (Å²) in [5, 5.41) is 6.09. The molecule has 1 aromatic rings. The van der Waals surface area contributed by atoms with Crippen LogP contribution in [0.4, 0.5) is 5.69 Å². The molecule has 1 heterocycles. The molecule has 1 amide bonds. The van der Waals surface area contributed by atoms with Gasteiger partial charge in [0.1, 0.15) is 0 Å². The summed E-state index contributed by atoms with van der Waals surface area (Å²) in [6.07, 6.45) is 1.54. The summed E-state index contributed by atoms with van der Waals surface area (Å²) < 4.78 is 5.34. The van der Waals surface area contributed by atoms with Gasteiger partial charge in [-0.3, -0.25) is 9.69 Å². The summed E-state index contributed by atoms with van der Waals surface area (Å²) in [6.45, 7) is 10.1. The van der Waals surface area contributed by atoms with Crippen molar-refractivity contribution in [3.63, 3.8) is 0 Å². The van der Waals surface area contributed by atoms with Gasteiger partial charge in [0.05, 0.1) is 19.8 Å². The number of carbonyl (C=O) groups is 1. The number of amides is 1. The van der Waals surface area contributed by atoms with E-state index < -0.39 is 0 Å². The summed E-state index contributed by atoms with van der Waals surface area (Å²) >= 11 is 0. The Bertz CT molecular complexity index is 612. The third-order valence-electron chi connectivity index (χ3n) is 4.30. The molecule has 7 nitrogen and oxygen atoms in total. The molecule has 0 aromatic heterocycles. The minimum absolute atomic E-state index is 0.0344. The number of morpholine rings is 1. The van der Waals surface area contributed by atoms with Crippen LogP contribution < -0.4 is 16.4 Å². The molecular formula is C20H33N5O2. The predicted octanol–water partition coefficient (Wildman–Crippen LogP) is 1.80. The van der Waals surface area contributed by atoms with Gasteiger partial charge in [0.15, 0.2) is 5.96 Å². The summed E-state index contributed by atoms with van der Waals surface area (Å²) in [7, 11) is 0. The second-order valence-corrected chi connectivity index (χ2v) is 7.28. The predicted molar refractivity (Wildman–Crippen MR) is 110 cm³/mol. The standard InChI is InChI=1S/C20H33N5O2/c1-16(2)13-19(26)24-18-6-3-5-17(14-18)15-23-20(21)22-7-4-8-25-9-11-27-12-10-25/h3,5-6,14,16H,4,7-13,15H2,1-2H3,(H,24,26)(H3,21,22,23). The molecule has 0 saturated carbocycles. The smallest absolute Gasteiger partial charge is 0.224 e. The third-order valence-corrected chi connectivity index (χ3v) is 4.30. The first-order valence-electron chi connectivity index (χ1n) is 9.75. The zero-order valence-corrected chi connectivity index (χ0v) is 16.5. The highest BCUT2D eigenvalue weighted by atomic mass is 16.5. The molecule has 0 spiro atoms. The number of guanidine groups is 1. The maximum atomic E-state index is 11.9. The largest absolute Gasteiger partial charge is 0.379 e. The lowest BCUT2D eigenvalue weighted by molar-refractivity contribution is -0.116. The molecule has 0 aliphatic carbocycles. The highest BCUT2D eigenvalue weighted by Gasteiger charge is 2.09. The molecule has 150 valence electrons. The Morgan fingerprint density at radius 2 is 2.11 bits per heavy atom. The molecule has 0 unspecified atom stereocenters. The van der Waals surface area contributed by atoms with Crippen molar-refractivity contribution in [2.24, 2.45) is 16.6 Å². The SMILES string of the molecule is CC(C)CC(=O)Nc1cccc(CN=C(N)NCCCN2CCOCC2)c1. The average molecular weight is 376 g/mol. The molecule has 27 heavy (non-hydrogen) atoms. The first kappa shape index (κ1) is 21.2. The molecule has 0 atom stereocenters. The maximum absolute atomic E-state index is 11.9. The Labute approximate surface area is 162 Å². The number of anilines is 1. The normalized spacial score (nSPS) is 15.7. The van der Waals surface area contributed by atoms with Crippen LogP contribution in [-0.2, 0) is 16.1 Å². The van der Waals surface area contributed by atoms with E-state index in [1.165, 1.54) is 0 Å². The van der Waals surface area contributed by atoms with Crippen molar-refractivity contribution in [3.05, 3.63) is 29.8 Å². The van der Waals surface area contributed by atoms with E-state index >= 15 is 0 Å². The maximum Gasteiger partial charge on any atom is 0.224 e. The Morgan fingerprint density at radius 1 is 1.33 bits per heavy atom. The number of ether oxygens (including phenoxy) is 1. The van der Waals surface area contributed by atoms with E-state index in [4.69, 9.17) is 10.5 Å². The van der Waals surface area contributed by atoms with Crippen LogP contribution in [0.5, 0.6) is 0 Å². The second kappa shape index (κ2) is 11.6. The van der Waals surface area contributed by atoms with Crippen LogP contribution >= 0.6 is 0 Å². The number of hydrogen-bond acceptors (Lipinski definition) is 4. The number of aliphatic imine (C=N–C) groups is 1. The molecule has 1 aliphatic heterocycles. The summed E-state index contributed by atoms with van der Waals surface area (Å²) in [5.41, 5.74) is 7.76. The summed E-state index contributed by atoms with van der Waals surface area (Å²) in [5.74, 6) is 0.824. The number of nitrogens with zero attached hydrogens (tertiary/aromatic N) is 2. The van der Waals surface area contributed by atoms with Crippen LogP contribution in [0.2, 0.25) is 0 Å². The quantitative estimate of drug-likeness (QED) is 0.348. The van der Waals surface area contributed by atoms with Crippen molar-refractivity contribution in [3.8, 4) is 0 Å². The van der Waals surface area contributed by atoms with Crippen molar-refractivity contribution in [2.45, 2.75) is 33.2 Å². The van der Waals surface area contributed by atoms with Crippen LogP contribution in [-0.4, -0.2) is 56.2 Å². The molecule has 0 bridgehead atoms. The lowest BCUT2D eigenvalue weighted by Crippen LogP contribution is -2.39. The van der Waals surface area contributed by atoms with E-state index in [1.54, 1.807) is 0 Å². The van der Waals surface area contributed by atoms with Gasteiger partial charge >= 0.3 is 0 Å². The Kier molecular flexibility index (Phi) is 9.07. The molecule has 4 N–H and O–H groups in total. The molecule has 7 heteroatoms. The first-order chi connectivity index (χ1) is 13.0. The Morgan fingerprint density at radius 3 is 2.85 bits per heavy atom. The van der Waals surface area contributed by atoms with Gasteiger partial charge in [-0.2, -0.15) is 0 Å². The zero-order chi connectivity index (χ0) is 19.5. The van der Waals surface area contributed by atoms with Crippen molar-refractivity contribution < 1.29 is 9.53 Å². The average Bonchev–Trinajstić information content (AvgIpc) is 2.64. The Balaban J connectivity index is 1.70. The minimum atomic E-state index is 0.0344. The van der Waals surface area contributed by atoms with Gasteiger partial charge in [-0.05, 0) is 36.6 Å². The number of benzene rings is 1. The highest BCUT2D eigenvalue weighted by Crippen LogP contribution is 2.13. The number of rotatable bonds is 9. The number of carbonyl (C=O) groups excluding carboxylic acids is 1. The van der Waals surface area contributed by atoms with Crippen LogP contribution in [0.15, 0.2) is 29.3 Å². The molecule has 1 aliphatic rings. The van der Waals surface area contributed by atoms with Crippen molar-refractivity contribution >= 4 is 17.6 Å². The van der Waals surface area contributed by atoms with Crippen molar-refractivity contribution in [1.82, 2.24) is 10.2 Å². The van der Waals surface area contributed by atoms with E-state index in [9.17, 15) is 4.79 Å². The number of nitrogens with one attached hydrogen (secondary N) is 2. The fourth-order valence-corrected chi connectivity index (χ4v) is 2.91. The highest BCUT2D eigenvalue weighted by molar-refractivity contribution is 5.90. The summed E-state index contributed by atoms with van der Waals surface area (Å²) in [4.78, 5) is 18.7. The monoisotopic (exact) mass is 375 g/mol. The van der Waals surface area contributed by atoms with Crippen molar-refractivity contribution in [1.29, 1.82) is 0 Å². The van der Waals surface area contributed by atoms with Crippen LogP contribution in [0.1, 0.15) is 32.3 Å². The van der Waals surface area contributed by atoms with Gasteiger partial charge < -0.3 is 21.1 Å². The molecule has 1 aromatic carbocycles. The second-order valence-electron chi connectivity index (χ2n) is 7.28. The summed E-state index contributed by atoms with van der Waals surface area (Å²) in [6, 6.07) is 7.72. The van der Waals surface area contributed by atoms with Crippen LogP contribution in [0, 0.1) is 5.92 Å². The molecular weight excluding hydrogens is 342 g/mol. The number of hydrogen-bond donors (Lipinski definition) is 3. The zero-order valence-electron chi connectivity index (χ0n) is 16.5.